The van der Waals surface area contributed by atoms with Crippen LogP contribution in [0.3, 0.4) is 0 Å². The molecule has 16 heavy (non-hydrogen) atoms. The van der Waals surface area contributed by atoms with Gasteiger partial charge in [0.25, 0.3) is 5.91 Å². The second-order valence-corrected chi connectivity index (χ2v) is 5.20. The van der Waals surface area contributed by atoms with Gasteiger partial charge in [-0.3, -0.25) is 4.79 Å². The van der Waals surface area contributed by atoms with Crippen molar-refractivity contribution in [3.05, 3.63) is 29.3 Å². The first-order valence-corrected chi connectivity index (χ1v) is 6.57. The lowest BCUT2D eigenvalue weighted by atomic mass is 10.1. The van der Waals surface area contributed by atoms with Crippen LogP contribution in [0.1, 0.15) is 22.3 Å². The number of amides is 1. The van der Waals surface area contributed by atoms with Gasteiger partial charge in [-0.15, -0.1) is 0 Å². The summed E-state index contributed by atoms with van der Waals surface area (Å²) >= 11 is 1.89. The molecule has 0 aromatic heterocycles. The molecule has 1 atom stereocenters. The van der Waals surface area contributed by atoms with Crippen LogP contribution >= 0.6 is 11.8 Å². The second-order valence-electron chi connectivity index (χ2n) is 4.05. The monoisotopic (exact) mass is 236 g/mol. The maximum absolute atomic E-state index is 12.0. The number of nitrogen functional groups attached to an aromatic ring is 1. The summed E-state index contributed by atoms with van der Waals surface area (Å²) in [4.78, 5) is 12.0. The molecule has 1 heterocycles. The van der Waals surface area contributed by atoms with Crippen LogP contribution in [0, 0.1) is 6.92 Å². The van der Waals surface area contributed by atoms with E-state index in [1.807, 2.05) is 36.9 Å². The molecule has 1 aromatic carbocycles. The summed E-state index contributed by atoms with van der Waals surface area (Å²) < 4.78 is 0. The Kier molecular flexibility index (Phi) is 3.39. The molecule has 1 saturated heterocycles. The number of anilines is 1. The normalized spacial score (nSPS) is 19.7. The number of benzene rings is 1. The highest BCUT2D eigenvalue weighted by Gasteiger charge is 2.19. The van der Waals surface area contributed by atoms with Crippen molar-refractivity contribution in [1.82, 2.24) is 5.32 Å². The molecule has 3 N–H and O–H groups in total. The van der Waals surface area contributed by atoms with Crippen LogP contribution in [0.25, 0.3) is 0 Å². The molecular weight excluding hydrogens is 220 g/mol. The summed E-state index contributed by atoms with van der Waals surface area (Å²) in [6, 6.07) is 5.78. The molecule has 0 spiro atoms. The highest BCUT2D eigenvalue weighted by molar-refractivity contribution is 7.99. The summed E-state index contributed by atoms with van der Waals surface area (Å²) in [5.41, 5.74) is 8.01. The number of rotatable bonds is 2. The van der Waals surface area contributed by atoms with Crippen LogP contribution < -0.4 is 11.1 Å². The minimum atomic E-state index is -0.00250. The molecule has 1 fully saturated rings. The van der Waals surface area contributed by atoms with E-state index in [-0.39, 0.29) is 5.91 Å². The first kappa shape index (κ1) is 11.3. The fourth-order valence-electron chi connectivity index (χ4n) is 1.81. The smallest absolute Gasteiger partial charge is 0.251 e. The van der Waals surface area contributed by atoms with Crippen LogP contribution in [-0.2, 0) is 0 Å². The van der Waals surface area contributed by atoms with Gasteiger partial charge in [-0.05, 0) is 36.8 Å². The van der Waals surface area contributed by atoms with E-state index in [1.54, 1.807) is 0 Å². The number of nitrogens with one attached hydrogen (secondary N) is 1. The Morgan fingerprint density at radius 3 is 3.06 bits per heavy atom. The van der Waals surface area contributed by atoms with E-state index < -0.39 is 0 Å². The molecule has 1 aliphatic heterocycles. The van der Waals surface area contributed by atoms with E-state index in [0.29, 0.717) is 17.3 Å². The maximum Gasteiger partial charge on any atom is 0.251 e. The van der Waals surface area contributed by atoms with Gasteiger partial charge >= 0.3 is 0 Å². The zero-order valence-electron chi connectivity index (χ0n) is 9.32. The highest BCUT2D eigenvalue weighted by atomic mass is 32.2. The van der Waals surface area contributed by atoms with Gasteiger partial charge in [-0.25, -0.2) is 0 Å². The number of carbonyl (C=O) groups excluding carboxylic acids is 1. The Morgan fingerprint density at radius 1 is 1.56 bits per heavy atom. The lowest BCUT2D eigenvalue weighted by Gasteiger charge is -2.13. The molecule has 2 rings (SSSR count). The van der Waals surface area contributed by atoms with Crippen molar-refractivity contribution >= 4 is 23.4 Å². The zero-order chi connectivity index (χ0) is 11.5. The SMILES string of the molecule is Cc1c(N)cccc1C(=O)NC1CCSC1. The summed E-state index contributed by atoms with van der Waals surface area (Å²) in [6.45, 7) is 1.88. The first-order valence-electron chi connectivity index (χ1n) is 5.42. The van der Waals surface area contributed by atoms with Gasteiger partial charge in [0.15, 0.2) is 0 Å². The van der Waals surface area contributed by atoms with E-state index in [2.05, 4.69) is 5.32 Å². The minimum Gasteiger partial charge on any atom is -0.398 e. The third-order valence-electron chi connectivity index (χ3n) is 2.89. The van der Waals surface area contributed by atoms with E-state index in [4.69, 9.17) is 5.73 Å². The Morgan fingerprint density at radius 2 is 2.38 bits per heavy atom. The maximum atomic E-state index is 12.0. The van der Waals surface area contributed by atoms with E-state index in [0.717, 1.165) is 23.5 Å². The van der Waals surface area contributed by atoms with Crippen molar-refractivity contribution in [3.63, 3.8) is 0 Å². The molecule has 0 saturated carbocycles. The number of hydrogen-bond donors (Lipinski definition) is 2. The van der Waals surface area contributed by atoms with Gasteiger partial charge in [0, 0.05) is 23.0 Å². The zero-order valence-corrected chi connectivity index (χ0v) is 10.1. The van der Waals surface area contributed by atoms with Crippen molar-refractivity contribution in [3.8, 4) is 0 Å². The molecule has 86 valence electrons. The third kappa shape index (κ3) is 2.32. The van der Waals surface area contributed by atoms with Gasteiger partial charge < -0.3 is 11.1 Å². The number of carbonyl (C=O) groups is 1. The molecule has 0 aliphatic carbocycles. The number of thioether (sulfide) groups is 1. The second kappa shape index (κ2) is 4.78. The van der Waals surface area contributed by atoms with Crippen molar-refractivity contribution in [2.45, 2.75) is 19.4 Å². The lowest BCUT2D eigenvalue weighted by molar-refractivity contribution is 0.0940. The predicted molar refractivity (Wildman–Crippen MR) is 68.8 cm³/mol. The Labute approximate surface area is 99.8 Å². The van der Waals surface area contributed by atoms with Crippen LogP contribution in [0.15, 0.2) is 18.2 Å². The minimum absolute atomic E-state index is 0.00250. The van der Waals surface area contributed by atoms with E-state index in [9.17, 15) is 4.79 Å². The van der Waals surface area contributed by atoms with Crippen LogP contribution in [0.2, 0.25) is 0 Å². The molecule has 0 radical (unpaired) electrons. The fourth-order valence-corrected chi connectivity index (χ4v) is 2.96. The van der Waals surface area contributed by atoms with E-state index >= 15 is 0 Å². The van der Waals surface area contributed by atoms with Gasteiger partial charge in [0.05, 0.1) is 0 Å². The Bertz CT molecular complexity index is 400. The summed E-state index contributed by atoms with van der Waals surface area (Å²) in [5, 5.41) is 3.05. The van der Waals surface area contributed by atoms with Crippen LogP contribution in [0.4, 0.5) is 5.69 Å². The predicted octanol–water partition coefficient (Wildman–Crippen LogP) is 1.81. The Balaban J connectivity index is 2.11. The van der Waals surface area contributed by atoms with Crippen LogP contribution in [-0.4, -0.2) is 23.5 Å². The average molecular weight is 236 g/mol. The molecule has 3 nitrogen and oxygen atoms in total. The molecular formula is C12H16N2OS. The van der Waals surface area contributed by atoms with Gasteiger partial charge in [0.2, 0.25) is 0 Å². The van der Waals surface area contributed by atoms with E-state index in [1.165, 1.54) is 0 Å². The highest BCUT2D eigenvalue weighted by Crippen LogP contribution is 2.19. The topological polar surface area (TPSA) is 55.1 Å². The summed E-state index contributed by atoms with van der Waals surface area (Å²) in [5.74, 6) is 2.16. The summed E-state index contributed by atoms with van der Waals surface area (Å²) in [7, 11) is 0. The summed E-state index contributed by atoms with van der Waals surface area (Å²) in [6.07, 6.45) is 1.07. The van der Waals surface area contributed by atoms with Gasteiger partial charge in [-0.1, -0.05) is 6.07 Å². The molecule has 1 unspecified atom stereocenters. The van der Waals surface area contributed by atoms with Crippen LogP contribution in [0.5, 0.6) is 0 Å². The van der Waals surface area contributed by atoms with Crippen molar-refractivity contribution in [1.29, 1.82) is 0 Å². The largest absolute Gasteiger partial charge is 0.398 e. The number of nitrogens with two attached hydrogens (primary N) is 1. The van der Waals surface area contributed by atoms with Crippen molar-refractivity contribution in [2.24, 2.45) is 0 Å². The molecule has 0 bridgehead atoms. The van der Waals surface area contributed by atoms with Crippen molar-refractivity contribution < 1.29 is 4.79 Å². The fraction of sp³-hybridized carbons (Fsp3) is 0.417. The first-order chi connectivity index (χ1) is 7.68. The van der Waals surface area contributed by atoms with Gasteiger partial charge in [-0.2, -0.15) is 11.8 Å². The molecule has 1 aliphatic rings. The molecule has 1 amide bonds. The quantitative estimate of drug-likeness (QED) is 0.770. The number of hydrogen-bond acceptors (Lipinski definition) is 3. The van der Waals surface area contributed by atoms with Crippen molar-refractivity contribution in [2.75, 3.05) is 17.2 Å². The average Bonchev–Trinajstić information content (AvgIpc) is 2.74. The Hall–Kier alpha value is -1.16. The molecule has 4 heteroatoms. The van der Waals surface area contributed by atoms with Gasteiger partial charge in [0.1, 0.15) is 0 Å². The standard InChI is InChI=1S/C12H16N2OS/c1-8-10(3-2-4-11(8)13)12(15)14-9-5-6-16-7-9/h2-4,9H,5-7,13H2,1H3,(H,14,15). The lowest BCUT2D eigenvalue weighted by Crippen LogP contribution is -2.35. The third-order valence-corrected chi connectivity index (χ3v) is 4.05. The molecule has 1 aromatic rings.